The number of carbonyl (C=O) groups is 1. The van der Waals surface area contributed by atoms with E-state index in [2.05, 4.69) is 33.8 Å². The molecule has 0 spiro atoms. The second kappa shape index (κ2) is 5.77. The van der Waals surface area contributed by atoms with E-state index in [1.54, 1.807) is 0 Å². The van der Waals surface area contributed by atoms with E-state index in [1.807, 2.05) is 0 Å². The molecule has 1 N–H and O–H groups in total. The molecular formula is C20H30O3. The second-order valence-electron chi connectivity index (χ2n) is 8.68. The SMILES string of the molecule is CC1=CCC2C(C)(C)CCCC2(C)C1CCC1=CC(=O)OC1O. The van der Waals surface area contributed by atoms with Gasteiger partial charge in [-0.05, 0) is 61.7 Å². The molecule has 128 valence electrons. The van der Waals surface area contributed by atoms with E-state index in [9.17, 15) is 9.90 Å². The van der Waals surface area contributed by atoms with Gasteiger partial charge in [0.25, 0.3) is 0 Å². The molecular weight excluding hydrogens is 288 g/mol. The molecule has 3 rings (SSSR count). The molecule has 2 aliphatic carbocycles. The van der Waals surface area contributed by atoms with E-state index < -0.39 is 12.3 Å². The summed E-state index contributed by atoms with van der Waals surface area (Å²) < 4.78 is 4.81. The maximum Gasteiger partial charge on any atom is 0.333 e. The van der Waals surface area contributed by atoms with Crippen LogP contribution in [0.4, 0.5) is 0 Å². The van der Waals surface area contributed by atoms with Gasteiger partial charge in [-0.25, -0.2) is 4.79 Å². The van der Waals surface area contributed by atoms with Gasteiger partial charge in [-0.15, -0.1) is 0 Å². The van der Waals surface area contributed by atoms with E-state index in [0.29, 0.717) is 16.7 Å². The largest absolute Gasteiger partial charge is 0.429 e. The molecule has 0 amide bonds. The fraction of sp³-hybridized carbons (Fsp3) is 0.750. The summed E-state index contributed by atoms with van der Waals surface area (Å²) in [4.78, 5) is 11.3. The van der Waals surface area contributed by atoms with Crippen molar-refractivity contribution in [2.45, 2.75) is 72.5 Å². The maximum atomic E-state index is 11.3. The quantitative estimate of drug-likeness (QED) is 0.621. The lowest BCUT2D eigenvalue weighted by Gasteiger charge is -2.57. The third-order valence-corrected chi connectivity index (χ3v) is 6.87. The number of hydrogen-bond acceptors (Lipinski definition) is 3. The van der Waals surface area contributed by atoms with Crippen LogP contribution in [-0.4, -0.2) is 17.4 Å². The average molecular weight is 318 g/mol. The number of cyclic esters (lactones) is 1. The highest BCUT2D eigenvalue weighted by Gasteiger charge is 2.51. The Kier molecular flexibility index (Phi) is 4.20. The number of esters is 1. The van der Waals surface area contributed by atoms with Gasteiger partial charge in [0.2, 0.25) is 6.29 Å². The van der Waals surface area contributed by atoms with Gasteiger partial charge in [-0.3, -0.25) is 0 Å². The van der Waals surface area contributed by atoms with Crippen molar-refractivity contribution in [3.05, 3.63) is 23.3 Å². The predicted molar refractivity (Wildman–Crippen MR) is 90.5 cm³/mol. The monoisotopic (exact) mass is 318 g/mol. The number of hydrogen-bond donors (Lipinski definition) is 1. The van der Waals surface area contributed by atoms with Crippen molar-refractivity contribution in [1.82, 2.24) is 0 Å². The molecule has 4 atom stereocenters. The van der Waals surface area contributed by atoms with Gasteiger partial charge < -0.3 is 9.84 Å². The van der Waals surface area contributed by atoms with Crippen molar-refractivity contribution >= 4 is 5.97 Å². The van der Waals surface area contributed by atoms with Crippen LogP contribution >= 0.6 is 0 Å². The average Bonchev–Trinajstić information content (AvgIpc) is 2.75. The first-order valence-corrected chi connectivity index (χ1v) is 9.00. The number of allylic oxidation sites excluding steroid dienone is 2. The molecule has 1 fully saturated rings. The third kappa shape index (κ3) is 2.88. The van der Waals surface area contributed by atoms with Gasteiger partial charge in [0.05, 0.1) is 0 Å². The molecule has 1 aliphatic heterocycles. The van der Waals surface area contributed by atoms with Crippen LogP contribution in [-0.2, 0) is 9.53 Å². The summed E-state index contributed by atoms with van der Waals surface area (Å²) in [7, 11) is 0. The molecule has 0 aromatic heterocycles. The first-order chi connectivity index (χ1) is 10.7. The number of ether oxygens (including phenoxy) is 1. The van der Waals surface area contributed by atoms with E-state index in [0.717, 1.165) is 24.3 Å². The fourth-order valence-electron chi connectivity index (χ4n) is 5.64. The van der Waals surface area contributed by atoms with Gasteiger partial charge >= 0.3 is 5.97 Å². The van der Waals surface area contributed by atoms with Crippen molar-refractivity contribution in [2.75, 3.05) is 0 Å². The summed E-state index contributed by atoms with van der Waals surface area (Å²) >= 11 is 0. The highest BCUT2D eigenvalue weighted by Crippen LogP contribution is 2.60. The number of rotatable bonds is 3. The molecule has 23 heavy (non-hydrogen) atoms. The summed E-state index contributed by atoms with van der Waals surface area (Å²) in [6.07, 6.45) is 9.71. The van der Waals surface area contributed by atoms with Crippen LogP contribution in [0.5, 0.6) is 0 Å². The number of aliphatic hydroxyl groups excluding tert-OH is 1. The van der Waals surface area contributed by atoms with Gasteiger partial charge in [0.1, 0.15) is 0 Å². The standard InChI is InChI=1S/C20H30O3/c1-13-6-9-16-19(2,3)10-5-11-20(16,4)15(13)8-7-14-12-17(21)23-18(14)22/h6,12,15-16,18,22H,5,7-11H2,1-4H3. The molecule has 1 saturated carbocycles. The predicted octanol–water partition coefficient (Wildman–Crippen LogP) is 4.37. The smallest absolute Gasteiger partial charge is 0.333 e. The van der Waals surface area contributed by atoms with Gasteiger partial charge in [0.15, 0.2) is 0 Å². The fourth-order valence-corrected chi connectivity index (χ4v) is 5.64. The molecule has 3 nitrogen and oxygen atoms in total. The van der Waals surface area contributed by atoms with Crippen LogP contribution in [0.1, 0.15) is 66.2 Å². The van der Waals surface area contributed by atoms with Crippen molar-refractivity contribution in [3.8, 4) is 0 Å². The second-order valence-corrected chi connectivity index (χ2v) is 8.68. The zero-order valence-corrected chi connectivity index (χ0v) is 14.9. The number of carbonyl (C=O) groups excluding carboxylic acids is 1. The molecule has 0 radical (unpaired) electrons. The first-order valence-electron chi connectivity index (χ1n) is 9.00. The van der Waals surface area contributed by atoms with Crippen LogP contribution in [0.2, 0.25) is 0 Å². The van der Waals surface area contributed by atoms with Crippen LogP contribution in [0, 0.1) is 22.7 Å². The Balaban J connectivity index is 1.80. The molecule has 0 saturated heterocycles. The van der Waals surface area contributed by atoms with E-state index in [4.69, 9.17) is 4.74 Å². The first kappa shape index (κ1) is 16.8. The van der Waals surface area contributed by atoms with Crippen LogP contribution in [0.3, 0.4) is 0 Å². The highest BCUT2D eigenvalue weighted by molar-refractivity contribution is 5.85. The summed E-state index contributed by atoms with van der Waals surface area (Å²) in [6.45, 7) is 9.59. The summed E-state index contributed by atoms with van der Waals surface area (Å²) in [5, 5.41) is 9.81. The summed E-state index contributed by atoms with van der Waals surface area (Å²) in [5.41, 5.74) is 2.95. The zero-order chi connectivity index (χ0) is 16.8. The van der Waals surface area contributed by atoms with Gasteiger partial charge in [0, 0.05) is 11.6 Å². The number of fused-ring (bicyclic) bond motifs is 1. The normalized spacial score (nSPS) is 39.3. The lowest BCUT2D eigenvalue weighted by Crippen LogP contribution is -2.48. The Labute approximate surface area is 139 Å². The number of aliphatic hydroxyl groups is 1. The lowest BCUT2D eigenvalue weighted by molar-refractivity contribution is -0.151. The topological polar surface area (TPSA) is 46.5 Å². The van der Waals surface area contributed by atoms with Crippen molar-refractivity contribution < 1.29 is 14.6 Å². The molecule has 4 unspecified atom stereocenters. The van der Waals surface area contributed by atoms with Crippen molar-refractivity contribution in [3.63, 3.8) is 0 Å². The van der Waals surface area contributed by atoms with Crippen LogP contribution in [0.15, 0.2) is 23.3 Å². The Bertz CT molecular complexity index is 557. The lowest BCUT2D eigenvalue weighted by atomic mass is 9.48. The Morgan fingerprint density at radius 2 is 2.04 bits per heavy atom. The minimum atomic E-state index is -1.03. The van der Waals surface area contributed by atoms with E-state index in [1.165, 1.54) is 37.3 Å². The minimum Gasteiger partial charge on any atom is -0.429 e. The molecule has 0 aromatic rings. The van der Waals surface area contributed by atoms with E-state index in [-0.39, 0.29) is 0 Å². The Hall–Kier alpha value is -1.09. The maximum absolute atomic E-state index is 11.3. The van der Waals surface area contributed by atoms with Crippen LogP contribution < -0.4 is 0 Å². The Morgan fingerprint density at radius 3 is 2.70 bits per heavy atom. The summed E-state index contributed by atoms with van der Waals surface area (Å²) in [6, 6.07) is 0. The van der Waals surface area contributed by atoms with Crippen molar-refractivity contribution in [1.29, 1.82) is 0 Å². The molecule has 1 heterocycles. The van der Waals surface area contributed by atoms with Crippen molar-refractivity contribution in [2.24, 2.45) is 22.7 Å². The van der Waals surface area contributed by atoms with E-state index >= 15 is 0 Å². The molecule has 3 heteroatoms. The molecule has 0 aromatic carbocycles. The molecule has 3 aliphatic rings. The Morgan fingerprint density at radius 1 is 1.30 bits per heavy atom. The molecule has 0 bridgehead atoms. The third-order valence-electron chi connectivity index (χ3n) is 6.87. The summed E-state index contributed by atoms with van der Waals surface area (Å²) in [5.74, 6) is 0.841. The zero-order valence-electron chi connectivity index (χ0n) is 14.9. The highest BCUT2D eigenvalue weighted by atomic mass is 16.6. The van der Waals surface area contributed by atoms with Gasteiger partial charge in [-0.2, -0.15) is 0 Å². The minimum absolute atomic E-state index is 0.329. The van der Waals surface area contributed by atoms with Crippen LogP contribution in [0.25, 0.3) is 0 Å². The van der Waals surface area contributed by atoms with Gasteiger partial charge in [-0.1, -0.05) is 38.8 Å².